The predicted octanol–water partition coefficient (Wildman–Crippen LogP) is 3.80. The molecule has 3 heterocycles. The van der Waals surface area contributed by atoms with Crippen molar-refractivity contribution in [1.82, 2.24) is 14.9 Å². The Kier molecular flexibility index (Phi) is 5.35. The molecule has 3 aliphatic rings. The molecule has 2 saturated heterocycles. The Hall–Kier alpha value is -1.69. The number of hydrogen-bond donors (Lipinski definition) is 0. The van der Waals surface area contributed by atoms with E-state index in [1.54, 1.807) is 11.2 Å². The molecule has 0 unspecified atom stereocenters. The summed E-state index contributed by atoms with van der Waals surface area (Å²) in [6.07, 6.45) is 10.2. The summed E-state index contributed by atoms with van der Waals surface area (Å²) in [5.74, 6) is 1.37. The zero-order valence-electron chi connectivity index (χ0n) is 16.7. The average Bonchev–Trinajstić information content (AvgIpc) is 2.98. The third kappa shape index (κ3) is 4.10. The highest BCUT2D eigenvalue weighted by atomic mass is 16.6. The lowest BCUT2D eigenvalue weighted by atomic mass is 9.85. The van der Waals surface area contributed by atoms with Crippen LogP contribution in [0.3, 0.4) is 0 Å². The number of likely N-dealkylation sites (tertiary alicyclic amines) is 1. The van der Waals surface area contributed by atoms with Crippen molar-refractivity contribution >= 4 is 11.9 Å². The molecule has 1 aromatic heterocycles. The van der Waals surface area contributed by atoms with Crippen LogP contribution in [0.2, 0.25) is 0 Å². The lowest BCUT2D eigenvalue weighted by molar-refractivity contribution is 0.0260. The fourth-order valence-electron chi connectivity index (χ4n) is 4.87. The molecule has 6 heteroatoms. The van der Waals surface area contributed by atoms with Crippen molar-refractivity contribution < 1.29 is 9.53 Å². The summed E-state index contributed by atoms with van der Waals surface area (Å²) in [7, 11) is 0. The molecular formula is C21H32N4O2. The Bertz CT molecular complexity index is 664. The maximum atomic E-state index is 12.5. The van der Waals surface area contributed by atoms with Crippen LogP contribution in [0.5, 0.6) is 0 Å². The number of hydrogen-bond acceptors (Lipinski definition) is 5. The van der Waals surface area contributed by atoms with Crippen LogP contribution in [-0.4, -0.2) is 52.2 Å². The Labute approximate surface area is 162 Å². The van der Waals surface area contributed by atoms with Crippen molar-refractivity contribution in [3.05, 3.63) is 18.1 Å². The van der Waals surface area contributed by atoms with Gasteiger partial charge in [0.05, 0.1) is 6.54 Å². The van der Waals surface area contributed by atoms with Gasteiger partial charge in [0.2, 0.25) is 0 Å². The fourth-order valence-corrected chi connectivity index (χ4v) is 4.87. The Morgan fingerprint density at radius 1 is 1.19 bits per heavy atom. The maximum absolute atomic E-state index is 12.5. The van der Waals surface area contributed by atoms with Crippen molar-refractivity contribution in [3.8, 4) is 0 Å². The van der Waals surface area contributed by atoms with Crippen molar-refractivity contribution in [1.29, 1.82) is 0 Å². The first-order chi connectivity index (χ1) is 13.0. The maximum Gasteiger partial charge on any atom is 0.416 e. The van der Waals surface area contributed by atoms with Crippen LogP contribution < -0.4 is 4.90 Å². The number of anilines is 1. The van der Waals surface area contributed by atoms with Gasteiger partial charge in [-0.15, -0.1) is 0 Å². The first kappa shape index (κ1) is 18.7. The van der Waals surface area contributed by atoms with Gasteiger partial charge < -0.3 is 9.64 Å². The number of carbonyl (C=O) groups is 1. The molecule has 1 amide bonds. The summed E-state index contributed by atoms with van der Waals surface area (Å²) in [4.78, 5) is 25.6. The van der Waals surface area contributed by atoms with Crippen LogP contribution in [0.25, 0.3) is 0 Å². The number of nitrogens with zero attached hydrogens (tertiary/aromatic N) is 4. The summed E-state index contributed by atoms with van der Waals surface area (Å²) in [6, 6.07) is 2.63. The molecule has 27 heavy (non-hydrogen) atoms. The van der Waals surface area contributed by atoms with Crippen molar-refractivity contribution in [2.45, 2.75) is 76.9 Å². The molecule has 0 aromatic carbocycles. The molecule has 1 aromatic rings. The average molecular weight is 373 g/mol. The van der Waals surface area contributed by atoms with Gasteiger partial charge in [0.25, 0.3) is 0 Å². The third-order valence-electron chi connectivity index (χ3n) is 6.60. The summed E-state index contributed by atoms with van der Waals surface area (Å²) in [5, 5.41) is 0. The van der Waals surface area contributed by atoms with Crippen molar-refractivity contribution in [3.63, 3.8) is 0 Å². The molecule has 0 atom stereocenters. The van der Waals surface area contributed by atoms with Gasteiger partial charge in [0.15, 0.2) is 0 Å². The second-order valence-electron chi connectivity index (χ2n) is 8.84. The van der Waals surface area contributed by atoms with Crippen molar-refractivity contribution in [2.24, 2.45) is 5.92 Å². The topological polar surface area (TPSA) is 58.6 Å². The number of carbonyl (C=O) groups excluding carboxylic acids is 1. The highest BCUT2D eigenvalue weighted by Gasteiger charge is 2.46. The standard InChI is InChI=1S/C21H32N4O2/c1-16(2)24-10-6-17(7-11-24)12-18-13-19(23-15-22-18)25-14-21(27-20(25)26)8-4-3-5-9-21/h13,15-17H,3-12,14H2,1-2H3. The Balaban J connectivity index is 1.40. The number of piperidine rings is 1. The van der Waals surface area contributed by atoms with Crippen LogP contribution in [0.15, 0.2) is 12.4 Å². The Morgan fingerprint density at radius 2 is 1.93 bits per heavy atom. The smallest absolute Gasteiger partial charge is 0.416 e. The summed E-state index contributed by atoms with van der Waals surface area (Å²) in [5.41, 5.74) is 0.754. The number of aromatic nitrogens is 2. The van der Waals surface area contributed by atoms with Gasteiger partial charge in [-0.3, -0.25) is 4.90 Å². The van der Waals surface area contributed by atoms with E-state index >= 15 is 0 Å². The van der Waals surface area contributed by atoms with Crippen molar-refractivity contribution in [2.75, 3.05) is 24.5 Å². The zero-order valence-corrected chi connectivity index (χ0v) is 16.7. The minimum absolute atomic E-state index is 0.244. The molecule has 2 aliphatic heterocycles. The van der Waals surface area contributed by atoms with E-state index in [9.17, 15) is 4.79 Å². The van der Waals surface area contributed by atoms with E-state index < -0.39 is 0 Å². The minimum atomic E-state index is -0.288. The van der Waals surface area contributed by atoms with Crippen LogP contribution in [-0.2, 0) is 11.2 Å². The molecule has 1 saturated carbocycles. The van der Waals surface area contributed by atoms with Gasteiger partial charge in [-0.1, -0.05) is 6.42 Å². The molecule has 6 nitrogen and oxygen atoms in total. The summed E-state index contributed by atoms with van der Waals surface area (Å²) >= 11 is 0. The summed E-state index contributed by atoms with van der Waals surface area (Å²) in [6.45, 7) is 7.51. The molecular weight excluding hydrogens is 340 g/mol. The van der Waals surface area contributed by atoms with Gasteiger partial charge in [0.1, 0.15) is 17.7 Å². The van der Waals surface area contributed by atoms with Gasteiger partial charge >= 0.3 is 6.09 Å². The lowest BCUT2D eigenvalue weighted by Crippen LogP contribution is -2.39. The van der Waals surface area contributed by atoms with Crippen LogP contribution in [0.1, 0.15) is 64.5 Å². The second-order valence-corrected chi connectivity index (χ2v) is 8.84. The molecule has 148 valence electrons. The third-order valence-corrected chi connectivity index (χ3v) is 6.60. The molecule has 1 spiro atoms. The zero-order chi connectivity index (χ0) is 18.9. The lowest BCUT2D eigenvalue weighted by Gasteiger charge is -2.34. The van der Waals surface area contributed by atoms with E-state index in [1.807, 2.05) is 6.07 Å². The fraction of sp³-hybridized carbons (Fsp3) is 0.762. The van der Waals surface area contributed by atoms with E-state index in [0.29, 0.717) is 24.3 Å². The SMILES string of the molecule is CC(C)N1CCC(Cc2cc(N3CC4(CCCCC4)OC3=O)ncn2)CC1. The predicted molar refractivity (Wildman–Crippen MR) is 105 cm³/mol. The number of amides is 1. The molecule has 0 N–H and O–H groups in total. The first-order valence-corrected chi connectivity index (χ1v) is 10.6. The molecule has 0 radical (unpaired) electrons. The van der Waals surface area contributed by atoms with E-state index in [-0.39, 0.29) is 11.7 Å². The van der Waals surface area contributed by atoms with Crippen LogP contribution in [0.4, 0.5) is 10.6 Å². The van der Waals surface area contributed by atoms with Gasteiger partial charge in [-0.25, -0.2) is 14.8 Å². The summed E-state index contributed by atoms with van der Waals surface area (Å²) < 4.78 is 5.80. The second kappa shape index (κ2) is 7.74. The van der Waals surface area contributed by atoms with E-state index in [4.69, 9.17) is 4.74 Å². The van der Waals surface area contributed by atoms with Crippen LogP contribution in [0, 0.1) is 5.92 Å². The van der Waals surface area contributed by atoms with Gasteiger partial charge in [-0.05, 0) is 77.8 Å². The molecule has 1 aliphatic carbocycles. The van der Waals surface area contributed by atoms with Crippen LogP contribution >= 0.6 is 0 Å². The van der Waals surface area contributed by atoms with E-state index in [0.717, 1.165) is 37.8 Å². The number of rotatable bonds is 4. The van der Waals surface area contributed by atoms with E-state index in [1.165, 1.54) is 32.4 Å². The van der Waals surface area contributed by atoms with Gasteiger partial charge in [0, 0.05) is 17.8 Å². The molecule has 4 rings (SSSR count). The Morgan fingerprint density at radius 3 is 2.63 bits per heavy atom. The molecule has 3 fully saturated rings. The monoisotopic (exact) mass is 372 g/mol. The van der Waals surface area contributed by atoms with Gasteiger partial charge in [-0.2, -0.15) is 0 Å². The highest BCUT2D eigenvalue weighted by Crippen LogP contribution is 2.38. The quantitative estimate of drug-likeness (QED) is 0.805. The molecule has 0 bridgehead atoms. The highest BCUT2D eigenvalue weighted by molar-refractivity contribution is 5.89. The minimum Gasteiger partial charge on any atom is -0.441 e. The number of ether oxygens (including phenoxy) is 1. The largest absolute Gasteiger partial charge is 0.441 e. The first-order valence-electron chi connectivity index (χ1n) is 10.6. The normalized spacial score (nSPS) is 24.0. The van der Waals surface area contributed by atoms with E-state index in [2.05, 4.69) is 28.7 Å².